The molecule has 1 N–H and O–H groups in total. The van der Waals surface area contributed by atoms with Gasteiger partial charge in [0.1, 0.15) is 5.52 Å². The summed E-state index contributed by atoms with van der Waals surface area (Å²) in [6.45, 7) is 8.55. The minimum Gasteiger partial charge on any atom is -0.423 e. The third-order valence-electron chi connectivity index (χ3n) is 3.93. The van der Waals surface area contributed by atoms with Crippen LogP contribution in [0.3, 0.4) is 0 Å². The van der Waals surface area contributed by atoms with Gasteiger partial charge in [0, 0.05) is 5.92 Å². The number of carbonyl (C=O) groups excluding carboxylic acids is 1. The standard InChI is InChI=1S/C16H20N2O2/c1-9-7-11(9)14(19)18-15-17-12-8-10(16(2,3)4)5-6-13(12)20-15/h5-6,8-9,11H,7H2,1-4H3,(H,17,18,19)/t9-,11-/m0/s1. The number of hydrogen-bond acceptors (Lipinski definition) is 3. The molecule has 106 valence electrons. The molecule has 1 aromatic carbocycles. The summed E-state index contributed by atoms with van der Waals surface area (Å²) in [4.78, 5) is 16.2. The number of carbonyl (C=O) groups is 1. The third-order valence-corrected chi connectivity index (χ3v) is 3.93. The largest absolute Gasteiger partial charge is 0.423 e. The predicted molar refractivity (Wildman–Crippen MR) is 78.6 cm³/mol. The molecule has 1 amide bonds. The lowest BCUT2D eigenvalue weighted by atomic mass is 9.87. The summed E-state index contributed by atoms with van der Waals surface area (Å²) in [5, 5.41) is 2.77. The topological polar surface area (TPSA) is 55.1 Å². The summed E-state index contributed by atoms with van der Waals surface area (Å²) in [6.07, 6.45) is 0.959. The SMILES string of the molecule is C[C@H]1C[C@@H]1C(=O)Nc1nc2cc(C(C)(C)C)ccc2o1. The van der Waals surface area contributed by atoms with Crippen LogP contribution in [0.5, 0.6) is 0 Å². The summed E-state index contributed by atoms with van der Waals surface area (Å²) in [5.41, 5.74) is 2.76. The highest BCUT2D eigenvalue weighted by Crippen LogP contribution is 2.38. The fourth-order valence-electron chi connectivity index (χ4n) is 2.33. The van der Waals surface area contributed by atoms with Crippen molar-refractivity contribution in [3.8, 4) is 0 Å². The molecule has 1 aliphatic carbocycles. The molecule has 0 aliphatic heterocycles. The van der Waals surface area contributed by atoms with E-state index in [0.717, 1.165) is 11.9 Å². The highest BCUT2D eigenvalue weighted by molar-refractivity contribution is 5.93. The van der Waals surface area contributed by atoms with Crippen LogP contribution in [0.4, 0.5) is 6.01 Å². The molecule has 2 aromatic rings. The maximum atomic E-state index is 11.9. The van der Waals surface area contributed by atoms with Gasteiger partial charge in [0.2, 0.25) is 5.91 Å². The molecule has 0 bridgehead atoms. The van der Waals surface area contributed by atoms with Gasteiger partial charge in [0.25, 0.3) is 0 Å². The Bertz CT molecular complexity index is 667. The van der Waals surface area contributed by atoms with Crippen LogP contribution in [0.1, 0.15) is 39.7 Å². The van der Waals surface area contributed by atoms with Gasteiger partial charge in [-0.05, 0) is 35.4 Å². The lowest BCUT2D eigenvalue weighted by Crippen LogP contribution is -2.14. The number of oxazole rings is 1. The second-order valence-corrected chi connectivity index (χ2v) is 6.76. The van der Waals surface area contributed by atoms with E-state index in [1.165, 1.54) is 5.56 Å². The normalized spacial score (nSPS) is 22.0. The third kappa shape index (κ3) is 2.42. The van der Waals surface area contributed by atoms with Crippen LogP contribution in [-0.4, -0.2) is 10.9 Å². The van der Waals surface area contributed by atoms with Crippen LogP contribution in [0.15, 0.2) is 22.6 Å². The maximum absolute atomic E-state index is 11.9. The first-order valence-corrected chi connectivity index (χ1v) is 7.06. The van der Waals surface area contributed by atoms with Crippen LogP contribution in [0.2, 0.25) is 0 Å². The number of aromatic nitrogens is 1. The van der Waals surface area contributed by atoms with Crippen molar-refractivity contribution in [2.45, 2.75) is 39.5 Å². The number of benzene rings is 1. The fourth-order valence-corrected chi connectivity index (χ4v) is 2.33. The molecule has 0 saturated heterocycles. The van der Waals surface area contributed by atoms with E-state index in [1.807, 2.05) is 18.2 Å². The van der Waals surface area contributed by atoms with Gasteiger partial charge < -0.3 is 4.42 Å². The quantitative estimate of drug-likeness (QED) is 0.906. The Balaban J connectivity index is 1.85. The first-order valence-electron chi connectivity index (χ1n) is 7.06. The van der Waals surface area contributed by atoms with E-state index < -0.39 is 0 Å². The number of rotatable bonds is 2. The second-order valence-electron chi connectivity index (χ2n) is 6.76. The van der Waals surface area contributed by atoms with E-state index in [2.05, 4.69) is 38.0 Å². The predicted octanol–water partition coefficient (Wildman–Crippen LogP) is 3.72. The first kappa shape index (κ1) is 13.2. The molecule has 0 unspecified atom stereocenters. The van der Waals surface area contributed by atoms with E-state index in [0.29, 0.717) is 17.5 Å². The Labute approximate surface area is 118 Å². The molecule has 1 fully saturated rings. The molecule has 4 heteroatoms. The number of amides is 1. The van der Waals surface area contributed by atoms with E-state index >= 15 is 0 Å². The summed E-state index contributed by atoms with van der Waals surface area (Å²) < 4.78 is 5.58. The van der Waals surface area contributed by atoms with Crippen molar-refractivity contribution in [3.05, 3.63) is 23.8 Å². The smallest absolute Gasteiger partial charge is 0.302 e. The minimum absolute atomic E-state index is 0.0140. The summed E-state index contributed by atoms with van der Waals surface area (Å²) >= 11 is 0. The number of fused-ring (bicyclic) bond motifs is 1. The van der Waals surface area contributed by atoms with Crippen LogP contribution >= 0.6 is 0 Å². The Morgan fingerprint density at radius 2 is 2.10 bits per heavy atom. The van der Waals surface area contributed by atoms with Crippen molar-refractivity contribution in [1.82, 2.24) is 4.98 Å². The average Bonchev–Trinajstić information content (AvgIpc) is 2.95. The lowest BCUT2D eigenvalue weighted by Gasteiger charge is -2.18. The molecule has 0 spiro atoms. The van der Waals surface area contributed by atoms with E-state index in [9.17, 15) is 4.79 Å². The molecular weight excluding hydrogens is 252 g/mol. The molecule has 4 nitrogen and oxygen atoms in total. The van der Waals surface area contributed by atoms with Crippen molar-refractivity contribution in [3.63, 3.8) is 0 Å². The van der Waals surface area contributed by atoms with Crippen molar-refractivity contribution in [1.29, 1.82) is 0 Å². The fraction of sp³-hybridized carbons (Fsp3) is 0.500. The Hall–Kier alpha value is -1.84. The van der Waals surface area contributed by atoms with Crippen LogP contribution in [-0.2, 0) is 10.2 Å². The maximum Gasteiger partial charge on any atom is 0.302 e. The number of hydrogen-bond donors (Lipinski definition) is 1. The van der Waals surface area contributed by atoms with Gasteiger partial charge in [-0.25, -0.2) is 0 Å². The van der Waals surface area contributed by atoms with Gasteiger partial charge >= 0.3 is 6.01 Å². The summed E-state index contributed by atoms with van der Waals surface area (Å²) in [7, 11) is 0. The molecule has 1 saturated carbocycles. The Morgan fingerprint density at radius 3 is 2.70 bits per heavy atom. The minimum atomic E-state index is 0.0140. The Morgan fingerprint density at radius 1 is 1.40 bits per heavy atom. The zero-order valence-corrected chi connectivity index (χ0v) is 12.4. The van der Waals surface area contributed by atoms with Gasteiger partial charge in [-0.2, -0.15) is 4.98 Å². The molecule has 1 aliphatic rings. The molecule has 2 atom stereocenters. The van der Waals surface area contributed by atoms with Crippen molar-refractivity contribution in [2.75, 3.05) is 5.32 Å². The highest BCUT2D eigenvalue weighted by atomic mass is 16.4. The van der Waals surface area contributed by atoms with Gasteiger partial charge in [0.15, 0.2) is 5.58 Å². The Kier molecular flexibility index (Phi) is 2.85. The van der Waals surface area contributed by atoms with E-state index in [1.54, 1.807) is 0 Å². The van der Waals surface area contributed by atoms with Crippen LogP contribution < -0.4 is 5.32 Å². The number of nitrogens with zero attached hydrogens (tertiary/aromatic N) is 1. The second kappa shape index (κ2) is 4.33. The number of anilines is 1. The van der Waals surface area contributed by atoms with Gasteiger partial charge in [-0.1, -0.05) is 33.8 Å². The van der Waals surface area contributed by atoms with Crippen molar-refractivity contribution in [2.24, 2.45) is 11.8 Å². The van der Waals surface area contributed by atoms with E-state index in [-0.39, 0.29) is 17.2 Å². The molecule has 0 radical (unpaired) electrons. The first-order chi connectivity index (χ1) is 9.34. The van der Waals surface area contributed by atoms with Crippen LogP contribution in [0, 0.1) is 11.8 Å². The summed E-state index contributed by atoms with van der Waals surface area (Å²) in [6, 6.07) is 6.28. The molecular formula is C16H20N2O2. The average molecular weight is 272 g/mol. The number of nitrogens with one attached hydrogen (secondary N) is 1. The van der Waals surface area contributed by atoms with E-state index in [4.69, 9.17) is 4.42 Å². The summed E-state index contributed by atoms with van der Waals surface area (Å²) in [5.74, 6) is 0.613. The molecule has 1 heterocycles. The zero-order valence-electron chi connectivity index (χ0n) is 12.4. The molecule has 1 aromatic heterocycles. The van der Waals surface area contributed by atoms with Crippen LogP contribution in [0.25, 0.3) is 11.1 Å². The zero-order chi connectivity index (χ0) is 14.5. The monoisotopic (exact) mass is 272 g/mol. The lowest BCUT2D eigenvalue weighted by molar-refractivity contribution is -0.117. The van der Waals surface area contributed by atoms with Gasteiger partial charge in [-0.15, -0.1) is 0 Å². The molecule has 3 rings (SSSR count). The molecule has 20 heavy (non-hydrogen) atoms. The van der Waals surface area contributed by atoms with Crippen molar-refractivity contribution >= 4 is 23.0 Å². The highest BCUT2D eigenvalue weighted by Gasteiger charge is 2.39. The van der Waals surface area contributed by atoms with Crippen molar-refractivity contribution < 1.29 is 9.21 Å². The van der Waals surface area contributed by atoms with Gasteiger partial charge in [0.05, 0.1) is 0 Å². The van der Waals surface area contributed by atoms with Gasteiger partial charge in [-0.3, -0.25) is 10.1 Å².